The Balaban J connectivity index is 2.68. The summed E-state index contributed by atoms with van der Waals surface area (Å²) in [6.07, 6.45) is 0. The van der Waals surface area contributed by atoms with E-state index in [1.54, 1.807) is 11.8 Å². The molecule has 0 aromatic heterocycles. The molecule has 1 aromatic rings. The third kappa shape index (κ3) is 4.18. The molecule has 0 fully saturated rings. The van der Waals surface area contributed by atoms with Crippen molar-refractivity contribution in [2.45, 2.75) is 25.1 Å². The van der Waals surface area contributed by atoms with Crippen LogP contribution in [0.4, 0.5) is 8.78 Å². The van der Waals surface area contributed by atoms with Gasteiger partial charge in [0, 0.05) is 17.9 Å². The highest BCUT2D eigenvalue weighted by Gasteiger charge is 2.10. The molecular formula is C11H15F2NS. The van der Waals surface area contributed by atoms with Crippen LogP contribution in [0.5, 0.6) is 0 Å². The monoisotopic (exact) mass is 231 g/mol. The summed E-state index contributed by atoms with van der Waals surface area (Å²) in [5.74, 6) is -0.481. The van der Waals surface area contributed by atoms with Crippen LogP contribution >= 0.6 is 11.8 Å². The van der Waals surface area contributed by atoms with Gasteiger partial charge in [-0.05, 0) is 22.9 Å². The Labute approximate surface area is 93.1 Å². The van der Waals surface area contributed by atoms with Crippen molar-refractivity contribution in [2.24, 2.45) is 5.73 Å². The van der Waals surface area contributed by atoms with E-state index in [0.717, 1.165) is 6.07 Å². The predicted molar refractivity (Wildman–Crippen MR) is 60.9 cm³/mol. The lowest BCUT2D eigenvalue weighted by Gasteiger charge is -2.13. The molecule has 1 rings (SSSR count). The second kappa shape index (κ2) is 5.47. The quantitative estimate of drug-likeness (QED) is 0.861. The van der Waals surface area contributed by atoms with E-state index in [0.29, 0.717) is 16.6 Å². The van der Waals surface area contributed by atoms with E-state index >= 15 is 0 Å². The number of nitrogens with two attached hydrogens (primary N) is 1. The van der Waals surface area contributed by atoms with E-state index in [2.05, 4.69) is 13.8 Å². The average Bonchev–Trinajstić information content (AvgIpc) is 2.12. The average molecular weight is 231 g/mol. The molecule has 84 valence electrons. The van der Waals surface area contributed by atoms with Gasteiger partial charge in [-0.3, -0.25) is 0 Å². The smallest absolute Gasteiger partial charge is 0.126 e. The van der Waals surface area contributed by atoms with Crippen molar-refractivity contribution < 1.29 is 8.78 Å². The fourth-order valence-electron chi connectivity index (χ4n) is 1.18. The lowest BCUT2D eigenvalue weighted by atomic mass is 10.1. The number of hydrogen-bond donors (Lipinski definition) is 1. The number of benzene rings is 1. The van der Waals surface area contributed by atoms with Crippen LogP contribution in [0.1, 0.15) is 25.5 Å². The highest BCUT2D eigenvalue weighted by molar-refractivity contribution is 7.99. The Bertz CT molecular complexity index is 308. The molecule has 2 N–H and O–H groups in total. The molecule has 4 heteroatoms. The Hall–Kier alpha value is -0.610. The number of thioether (sulfide) groups is 1. The first-order valence-corrected chi connectivity index (χ1v) is 5.87. The first-order chi connectivity index (χ1) is 6.99. The molecule has 0 aliphatic carbocycles. The molecule has 15 heavy (non-hydrogen) atoms. The zero-order valence-corrected chi connectivity index (χ0v) is 9.65. The van der Waals surface area contributed by atoms with E-state index in [4.69, 9.17) is 5.73 Å². The second-order valence-electron chi connectivity index (χ2n) is 3.69. The second-order valence-corrected chi connectivity index (χ2v) is 5.30. The van der Waals surface area contributed by atoms with Crippen LogP contribution in [0.15, 0.2) is 18.2 Å². The Morgan fingerprint density at radius 1 is 1.20 bits per heavy atom. The standard InChI is InChI=1S/C11H15F2NS/c1-7(2)15-6-11(14)8-3-9(12)5-10(13)4-8/h3-5,7,11H,6,14H2,1-2H3. The third-order valence-corrected chi connectivity index (χ3v) is 3.14. The van der Waals surface area contributed by atoms with Gasteiger partial charge in [-0.25, -0.2) is 8.78 Å². The summed E-state index contributed by atoms with van der Waals surface area (Å²) in [5.41, 5.74) is 6.34. The molecule has 0 bridgehead atoms. The van der Waals surface area contributed by atoms with Gasteiger partial charge in [0.2, 0.25) is 0 Å². The first-order valence-electron chi connectivity index (χ1n) is 4.82. The fourth-order valence-corrected chi connectivity index (χ4v) is 1.97. The zero-order chi connectivity index (χ0) is 11.4. The molecule has 0 saturated heterocycles. The number of hydrogen-bond acceptors (Lipinski definition) is 2. The fraction of sp³-hybridized carbons (Fsp3) is 0.455. The highest BCUT2D eigenvalue weighted by atomic mass is 32.2. The predicted octanol–water partition coefficient (Wildman–Crippen LogP) is 3.11. The summed E-state index contributed by atoms with van der Waals surface area (Å²) >= 11 is 1.68. The van der Waals surface area contributed by atoms with Crippen LogP contribution in [-0.4, -0.2) is 11.0 Å². The maximum absolute atomic E-state index is 12.9. The first kappa shape index (κ1) is 12.5. The van der Waals surface area contributed by atoms with Crippen LogP contribution in [-0.2, 0) is 0 Å². The zero-order valence-electron chi connectivity index (χ0n) is 8.84. The summed E-state index contributed by atoms with van der Waals surface area (Å²) in [6, 6.07) is 3.11. The van der Waals surface area contributed by atoms with Gasteiger partial charge in [0.05, 0.1) is 0 Å². The van der Waals surface area contributed by atoms with Gasteiger partial charge in [0.15, 0.2) is 0 Å². The minimum atomic E-state index is -0.574. The van der Waals surface area contributed by atoms with Crippen molar-refractivity contribution in [3.05, 3.63) is 35.4 Å². The van der Waals surface area contributed by atoms with Gasteiger partial charge in [-0.1, -0.05) is 13.8 Å². The van der Waals surface area contributed by atoms with Crippen molar-refractivity contribution in [3.8, 4) is 0 Å². The van der Waals surface area contributed by atoms with Gasteiger partial charge in [-0.2, -0.15) is 11.8 Å². The molecule has 0 spiro atoms. The molecule has 1 aromatic carbocycles. The minimum Gasteiger partial charge on any atom is -0.323 e. The number of rotatable bonds is 4. The maximum Gasteiger partial charge on any atom is 0.126 e. The van der Waals surface area contributed by atoms with Crippen LogP contribution in [0, 0.1) is 11.6 Å². The summed E-state index contributed by atoms with van der Waals surface area (Å²) in [6.45, 7) is 4.12. The van der Waals surface area contributed by atoms with Crippen molar-refractivity contribution >= 4 is 11.8 Å². The summed E-state index contributed by atoms with van der Waals surface area (Å²) in [5, 5.41) is 0.467. The van der Waals surface area contributed by atoms with Crippen LogP contribution in [0.2, 0.25) is 0 Å². The molecule has 1 nitrogen and oxygen atoms in total. The lowest BCUT2D eigenvalue weighted by Crippen LogP contribution is -2.14. The summed E-state index contributed by atoms with van der Waals surface area (Å²) in [4.78, 5) is 0. The summed E-state index contributed by atoms with van der Waals surface area (Å²) < 4.78 is 25.8. The Morgan fingerprint density at radius 2 is 1.73 bits per heavy atom. The van der Waals surface area contributed by atoms with Crippen LogP contribution < -0.4 is 5.73 Å². The molecule has 0 aliphatic heterocycles. The highest BCUT2D eigenvalue weighted by Crippen LogP contribution is 2.20. The van der Waals surface area contributed by atoms with Gasteiger partial charge in [0.25, 0.3) is 0 Å². The normalized spacial score (nSPS) is 13.2. The minimum absolute atomic E-state index is 0.317. The van der Waals surface area contributed by atoms with E-state index in [1.807, 2.05) is 0 Å². The Kier molecular flexibility index (Phi) is 4.54. The molecule has 0 heterocycles. The molecule has 0 aliphatic rings. The maximum atomic E-state index is 12.9. The van der Waals surface area contributed by atoms with Crippen molar-refractivity contribution in [1.29, 1.82) is 0 Å². The van der Waals surface area contributed by atoms with E-state index in [1.165, 1.54) is 12.1 Å². The van der Waals surface area contributed by atoms with Gasteiger partial charge < -0.3 is 5.73 Å². The van der Waals surface area contributed by atoms with Crippen molar-refractivity contribution in [1.82, 2.24) is 0 Å². The third-order valence-electron chi connectivity index (χ3n) is 1.92. The largest absolute Gasteiger partial charge is 0.323 e. The van der Waals surface area contributed by atoms with Crippen molar-refractivity contribution in [3.63, 3.8) is 0 Å². The van der Waals surface area contributed by atoms with Gasteiger partial charge >= 0.3 is 0 Å². The molecule has 1 atom stereocenters. The molecule has 0 radical (unpaired) electrons. The summed E-state index contributed by atoms with van der Waals surface area (Å²) in [7, 11) is 0. The van der Waals surface area contributed by atoms with E-state index in [9.17, 15) is 8.78 Å². The lowest BCUT2D eigenvalue weighted by molar-refractivity contribution is 0.576. The van der Waals surface area contributed by atoms with E-state index < -0.39 is 11.6 Å². The van der Waals surface area contributed by atoms with Crippen LogP contribution in [0.3, 0.4) is 0 Å². The molecular weight excluding hydrogens is 216 g/mol. The molecule has 1 unspecified atom stereocenters. The Morgan fingerprint density at radius 3 is 2.20 bits per heavy atom. The van der Waals surface area contributed by atoms with Gasteiger partial charge in [0.1, 0.15) is 11.6 Å². The van der Waals surface area contributed by atoms with Crippen molar-refractivity contribution in [2.75, 3.05) is 5.75 Å². The van der Waals surface area contributed by atoms with E-state index in [-0.39, 0.29) is 6.04 Å². The topological polar surface area (TPSA) is 26.0 Å². The van der Waals surface area contributed by atoms with Gasteiger partial charge in [-0.15, -0.1) is 0 Å². The SMILES string of the molecule is CC(C)SCC(N)c1cc(F)cc(F)c1. The molecule has 0 saturated carbocycles. The number of halogens is 2. The molecule has 0 amide bonds. The van der Waals surface area contributed by atoms with Crippen LogP contribution in [0.25, 0.3) is 0 Å².